The molecule has 1 aliphatic heterocycles. The van der Waals surface area contributed by atoms with Gasteiger partial charge in [-0.25, -0.2) is 9.97 Å². The zero-order valence-corrected chi connectivity index (χ0v) is 10.7. The van der Waals surface area contributed by atoms with Crippen LogP contribution in [0.5, 0.6) is 0 Å². The third kappa shape index (κ3) is 2.68. The van der Waals surface area contributed by atoms with E-state index in [1.807, 2.05) is 0 Å². The maximum atomic E-state index is 9.12. The van der Waals surface area contributed by atoms with Crippen molar-refractivity contribution in [2.75, 3.05) is 18.1 Å². The summed E-state index contributed by atoms with van der Waals surface area (Å²) in [6, 6.07) is 2.23. The largest absolute Gasteiger partial charge is 0.390 e. The molecule has 94 valence electrons. The van der Waals surface area contributed by atoms with Crippen molar-refractivity contribution in [2.24, 2.45) is 0 Å². The molecule has 2 atom stereocenters. The van der Waals surface area contributed by atoms with Gasteiger partial charge in [0.2, 0.25) is 5.28 Å². The number of nitrogens with zero attached hydrogens (tertiary/aromatic N) is 3. The van der Waals surface area contributed by atoms with Gasteiger partial charge in [0, 0.05) is 6.07 Å². The molecule has 1 saturated heterocycles. The Kier molecular flexibility index (Phi) is 3.81. The van der Waals surface area contributed by atoms with Gasteiger partial charge in [-0.2, -0.15) is 0 Å². The molecule has 5 nitrogen and oxygen atoms in total. The van der Waals surface area contributed by atoms with E-state index in [1.165, 1.54) is 0 Å². The van der Waals surface area contributed by atoms with E-state index < -0.39 is 0 Å². The summed E-state index contributed by atoms with van der Waals surface area (Å²) in [5.41, 5.74) is 0.533. The molecule has 2 heterocycles. The molecule has 6 heteroatoms. The highest BCUT2D eigenvalue weighted by Gasteiger charge is 2.27. The minimum Gasteiger partial charge on any atom is -0.390 e. The lowest BCUT2D eigenvalue weighted by molar-refractivity contribution is 0.0751. The van der Waals surface area contributed by atoms with Gasteiger partial charge in [0.25, 0.3) is 0 Å². The predicted molar refractivity (Wildman–Crippen MR) is 65.2 cm³/mol. The molecular weight excluding hydrogens is 242 g/mol. The number of ether oxygens (including phenoxy) is 1. The molecule has 0 aromatic carbocycles. The zero-order chi connectivity index (χ0) is 12.4. The number of anilines is 1. The first kappa shape index (κ1) is 12.5. The van der Waals surface area contributed by atoms with Crippen LogP contribution in [0.2, 0.25) is 5.28 Å². The molecule has 0 aliphatic carbocycles. The summed E-state index contributed by atoms with van der Waals surface area (Å²) in [5.74, 6) is 0.748. The van der Waals surface area contributed by atoms with Gasteiger partial charge in [-0.15, -0.1) is 0 Å². The molecule has 17 heavy (non-hydrogen) atoms. The first-order valence-corrected chi connectivity index (χ1v) is 6.00. The first-order valence-electron chi connectivity index (χ1n) is 5.62. The number of halogens is 1. The fraction of sp³-hybridized carbons (Fsp3) is 0.636. The third-order valence-corrected chi connectivity index (χ3v) is 3.00. The van der Waals surface area contributed by atoms with Gasteiger partial charge in [-0.1, -0.05) is 0 Å². The van der Waals surface area contributed by atoms with Crippen molar-refractivity contribution in [3.05, 3.63) is 17.0 Å². The Balaban J connectivity index is 2.34. The Morgan fingerprint density at radius 2 is 2.06 bits per heavy atom. The lowest BCUT2D eigenvalue weighted by atomic mass is 10.1. The van der Waals surface area contributed by atoms with Gasteiger partial charge < -0.3 is 14.7 Å². The Bertz CT molecular complexity index is 392. The topological polar surface area (TPSA) is 58.5 Å². The summed E-state index contributed by atoms with van der Waals surface area (Å²) in [5, 5.41) is 9.29. The second-order valence-corrected chi connectivity index (χ2v) is 4.63. The minimum atomic E-state index is -0.137. The Hall–Kier alpha value is -0.910. The smallest absolute Gasteiger partial charge is 0.224 e. The van der Waals surface area contributed by atoms with E-state index in [-0.39, 0.29) is 24.0 Å². The van der Waals surface area contributed by atoms with Gasteiger partial charge in [0.15, 0.2) is 0 Å². The standard InChI is InChI=1S/C11H16ClN3O2/c1-7-5-17-6-8(2)15(7)10-3-9(4-16)13-11(12)14-10/h3,7-8,16H,4-6H2,1-2H3. The number of aromatic nitrogens is 2. The predicted octanol–water partition coefficient (Wildman–Crippen LogP) is 1.24. The summed E-state index contributed by atoms with van der Waals surface area (Å²) in [6.07, 6.45) is 0. The molecule has 1 aliphatic rings. The van der Waals surface area contributed by atoms with Crippen molar-refractivity contribution < 1.29 is 9.84 Å². The van der Waals surface area contributed by atoms with E-state index in [2.05, 4.69) is 28.7 Å². The second kappa shape index (κ2) is 5.16. The van der Waals surface area contributed by atoms with Crippen LogP contribution in [0.4, 0.5) is 5.82 Å². The lowest BCUT2D eigenvalue weighted by Gasteiger charge is -2.39. The molecule has 0 saturated carbocycles. The van der Waals surface area contributed by atoms with Crippen LogP contribution in [0.1, 0.15) is 19.5 Å². The monoisotopic (exact) mass is 257 g/mol. The number of aliphatic hydroxyl groups is 1. The average Bonchev–Trinajstić information content (AvgIpc) is 2.28. The SMILES string of the molecule is CC1COCC(C)N1c1cc(CO)nc(Cl)n1. The first-order chi connectivity index (χ1) is 8.11. The highest BCUT2D eigenvalue weighted by atomic mass is 35.5. The summed E-state index contributed by atoms with van der Waals surface area (Å²) in [6.45, 7) is 5.35. The Morgan fingerprint density at radius 1 is 1.41 bits per heavy atom. The lowest BCUT2D eigenvalue weighted by Crippen LogP contribution is -2.50. The van der Waals surface area contributed by atoms with Crippen molar-refractivity contribution in [3.8, 4) is 0 Å². The van der Waals surface area contributed by atoms with Crippen LogP contribution in [-0.2, 0) is 11.3 Å². The van der Waals surface area contributed by atoms with Crippen LogP contribution in [0.3, 0.4) is 0 Å². The van der Waals surface area contributed by atoms with Crippen molar-refractivity contribution in [3.63, 3.8) is 0 Å². The number of rotatable bonds is 2. The molecule has 2 rings (SSSR count). The van der Waals surface area contributed by atoms with Gasteiger partial charge in [-0.05, 0) is 25.4 Å². The maximum Gasteiger partial charge on any atom is 0.224 e. The highest BCUT2D eigenvalue weighted by molar-refractivity contribution is 6.28. The van der Waals surface area contributed by atoms with Crippen molar-refractivity contribution in [1.82, 2.24) is 9.97 Å². The van der Waals surface area contributed by atoms with Gasteiger partial charge in [-0.3, -0.25) is 0 Å². The van der Waals surface area contributed by atoms with Crippen molar-refractivity contribution in [2.45, 2.75) is 32.5 Å². The van der Waals surface area contributed by atoms with Gasteiger partial charge in [0.05, 0.1) is 37.6 Å². The van der Waals surface area contributed by atoms with Crippen LogP contribution in [0.15, 0.2) is 6.07 Å². The molecule has 1 N–H and O–H groups in total. The highest BCUT2D eigenvalue weighted by Crippen LogP contribution is 2.23. The average molecular weight is 258 g/mol. The van der Waals surface area contributed by atoms with E-state index in [0.717, 1.165) is 5.82 Å². The fourth-order valence-electron chi connectivity index (χ4n) is 2.12. The Labute approximate surface area is 105 Å². The number of morpholine rings is 1. The van der Waals surface area contributed by atoms with Crippen molar-refractivity contribution in [1.29, 1.82) is 0 Å². The zero-order valence-electron chi connectivity index (χ0n) is 9.93. The van der Waals surface area contributed by atoms with Crippen LogP contribution in [0.25, 0.3) is 0 Å². The normalized spacial score (nSPS) is 25.1. The molecule has 2 unspecified atom stereocenters. The Morgan fingerprint density at radius 3 is 2.65 bits per heavy atom. The van der Waals surface area contributed by atoms with Crippen LogP contribution < -0.4 is 4.90 Å². The summed E-state index contributed by atoms with van der Waals surface area (Å²) < 4.78 is 5.47. The van der Waals surface area contributed by atoms with E-state index in [4.69, 9.17) is 21.4 Å². The molecule has 1 aromatic heterocycles. The van der Waals surface area contributed by atoms with Gasteiger partial charge >= 0.3 is 0 Å². The quantitative estimate of drug-likeness (QED) is 0.808. The van der Waals surface area contributed by atoms with E-state index >= 15 is 0 Å². The molecule has 0 radical (unpaired) electrons. The van der Waals surface area contributed by atoms with E-state index in [1.54, 1.807) is 6.07 Å². The molecule has 1 aromatic rings. The number of hydrogen-bond acceptors (Lipinski definition) is 5. The summed E-state index contributed by atoms with van der Waals surface area (Å²) in [4.78, 5) is 10.3. The summed E-state index contributed by atoms with van der Waals surface area (Å²) in [7, 11) is 0. The second-order valence-electron chi connectivity index (χ2n) is 4.29. The third-order valence-electron chi connectivity index (χ3n) is 2.83. The summed E-state index contributed by atoms with van der Waals surface area (Å²) >= 11 is 5.85. The molecule has 1 fully saturated rings. The molecule has 0 amide bonds. The molecule has 0 spiro atoms. The van der Waals surface area contributed by atoms with Crippen LogP contribution >= 0.6 is 11.6 Å². The fourth-order valence-corrected chi connectivity index (χ4v) is 2.32. The van der Waals surface area contributed by atoms with Gasteiger partial charge in [0.1, 0.15) is 5.82 Å². The number of hydrogen-bond donors (Lipinski definition) is 1. The molecule has 0 bridgehead atoms. The van der Waals surface area contributed by atoms with Crippen LogP contribution in [0, 0.1) is 0 Å². The van der Waals surface area contributed by atoms with E-state index in [9.17, 15) is 0 Å². The maximum absolute atomic E-state index is 9.12. The molecular formula is C11H16ClN3O2. The minimum absolute atomic E-state index is 0.137. The van der Waals surface area contributed by atoms with Crippen LogP contribution in [-0.4, -0.2) is 40.4 Å². The number of aliphatic hydroxyl groups excluding tert-OH is 1. The van der Waals surface area contributed by atoms with Crippen molar-refractivity contribution >= 4 is 17.4 Å². The van der Waals surface area contributed by atoms with E-state index in [0.29, 0.717) is 18.9 Å².